The van der Waals surface area contributed by atoms with Crippen LogP contribution in [0, 0.1) is 5.82 Å². The Morgan fingerprint density at radius 1 is 1.15 bits per heavy atom. The molecule has 1 aliphatic rings. The van der Waals surface area contributed by atoms with Gasteiger partial charge in [-0.25, -0.2) is 14.4 Å². The van der Waals surface area contributed by atoms with Crippen LogP contribution in [0.1, 0.15) is 15.9 Å². The number of nitrogens with one attached hydrogen (secondary N) is 1. The number of benzene rings is 2. The molecule has 172 valence electrons. The molecule has 3 N–H and O–H groups in total. The lowest BCUT2D eigenvalue weighted by Gasteiger charge is -2.27. The van der Waals surface area contributed by atoms with Crippen molar-refractivity contribution in [2.45, 2.75) is 6.42 Å². The van der Waals surface area contributed by atoms with Crippen LogP contribution in [0.25, 0.3) is 11.3 Å². The SMILES string of the molecule is Nc1ncc(-c2ccc(C(=O)N3CCNCC3)cc2)nc1OCCc1c(Cl)ccc(F)c1Cl. The van der Waals surface area contributed by atoms with E-state index in [1.165, 1.54) is 18.3 Å². The summed E-state index contributed by atoms with van der Waals surface area (Å²) in [4.78, 5) is 23.1. The average molecular weight is 490 g/mol. The molecule has 0 unspecified atom stereocenters. The van der Waals surface area contributed by atoms with E-state index >= 15 is 0 Å². The number of hydrogen-bond acceptors (Lipinski definition) is 6. The maximum Gasteiger partial charge on any atom is 0.257 e. The number of nitrogens with zero attached hydrogens (tertiary/aromatic N) is 3. The molecule has 0 aliphatic carbocycles. The zero-order valence-electron chi connectivity index (χ0n) is 17.7. The second-order valence-corrected chi connectivity index (χ2v) is 8.27. The van der Waals surface area contributed by atoms with Gasteiger partial charge in [0.15, 0.2) is 5.82 Å². The normalized spacial score (nSPS) is 13.7. The van der Waals surface area contributed by atoms with Gasteiger partial charge in [-0.05, 0) is 29.8 Å². The number of ether oxygens (including phenoxy) is 1. The molecule has 10 heteroatoms. The van der Waals surface area contributed by atoms with E-state index < -0.39 is 5.82 Å². The predicted octanol–water partition coefficient (Wildman–Crippen LogP) is 3.84. The van der Waals surface area contributed by atoms with Gasteiger partial charge in [-0.1, -0.05) is 35.3 Å². The zero-order valence-corrected chi connectivity index (χ0v) is 19.2. The van der Waals surface area contributed by atoms with E-state index in [1.54, 1.807) is 12.1 Å². The van der Waals surface area contributed by atoms with Crippen molar-refractivity contribution in [1.29, 1.82) is 0 Å². The standard InChI is InChI=1S/C23H22Cl2FN5O2/c24-17-5-6-18(26)20(25)16(17)7-12-33-22-21(27)29-13-19(30-22)14-1-3-15(4-2-14)23(32)31-10-8-28-9-11-31/h1-6,13,28H,7-12H2,(H2,27,29). The van der Waals surface area contributed by atoms with Crippen LogP contribution in [0.2, 0.25) is 10.0 Å². The highest BCUT2D eigenvalue weighted by molar-refractivity contribution is 6.36. The lowest BCUT2D eigenvalue weighted by atomic mass is 10.1. The third-order valence-corrected chi connectivity index (χ3v) is 6.09. The first-order valence-electron chi connectivity index (χ1n) is 10.4. The van der Waals surface area contributed by atoms with Crippen LogP contribution in [-0.2, 0) is 6.42 Å². The van der Waals surface area contributed by atoms with E-state index in [9.17, 15) is 9.18 Å². The maximum atomic E-state index is 13.7. The number of carbonyl (C=O) groups is 1. The highest BCUT2D eigenvalue weighted by Gasteiger charge is 2.18. The van der Waals surface area contributed by atoms with Crippen LogP contribution in [-0.4, -0.2) is 53.6 Å². The summed E-state index contributed by atoms with van der Waals surface area (Å²) >= 11 is 12.1. The molecular formula is C23H22Cl2FN5O2. The summed E-state index contributed by atoms with van der Waals surface area (Å²) in [6.07, 6.45) is 1.80. The number of amides is 1. The van der Waals surface area contributed by atoms with Gasteiger partial charge >= 0.3 is 0 Å². The molecule has 3 aromatic rings. The van der Waals surface area contributed by atoms with Gasteiger partial charge in [-0.2, -0.15) is 0 Å². The number of nitrogen functional groups attached to an aromatic ring is 1. The Morgan fingerprint density at radius 3 is 2.61 bits per heavy atom. The Balaban J connectivity index is 1.45. The number of anilines is 1. The van der Waals surface area contributed by atoms with Crippen molar-refractivity contribution in [3.8, 4) is 17.1 Å². The topological polar surface area (TPSA) is 93.4 Å². The quantitative estimate of drug-likeness (QED) is 0.511. The van der Waals surface area contributed by atoms with E-state index in [1.807, 2.05) is 17.0 Å². The Bertz CT molecular complexity index is 1150. The number of halogens is 3. The lowest BCUT2D eigenvalue weighted by molar-refractivity contribution is 0.0736. The van der Waals surface area contributed by atoms with Gasteiger partial charge in [0.05, 0.1) is 23.5 Å². The Kier molecular flexibility index (Phi) is 7.27. The molecule has 1 saturated heterocycles. The van der Waals surface area contributed by atoms with Gasteiger partial charge in [0, 0.05) is 48.7 Å². The molecule has 0 bridgehead atoms. The summed E-state index contributed by atoms with van der Waals surface area (Å²) in [7, 11) is 0. The number of aromatic nitrogens is 2. The molecule has 7 nitrogen and oxygen atoms in total. The first-order valence-corrected chi connectivity index (χ1v) is 11.2. The number of rotatable bonds is 6. The molecule has 1 amide bonds. The summed E-state index contributed by atoms with van der Waals surface area (Å²) in [5.74, 6) is -0.265. The fraction of sp³-hybridized carbons (Fsp3) is 0.261. The lowest BCUT2D eigenvalue weighted by Crippen LogP contribution is -2.46. The molecule has 33 heavy (non-hydrogen) atoms. The minimum Gasteiger partial charge on any atom is -0.475 e. The smallest absolute Gasteiger partial charge is 0.257 e. The highest BCUT2D eigenvalue weighted by Crippen LogP contribution is 2.28. The Labute approximate surface area is 200 Å². The van der Waals surface area contributed by atoms with Crippen molar-refractivity contribution < 1.29 is 13.9 Å². The van der Waals surface area contributed by atoms with E-state index in [-0.39, 0.29) is 35.7 Å². The van der Waals surface area contributed by atoms with Gasteiger partial charge in [0.1, 0.15) is 5.82 Å². The predicted molar refractivity (Wildman–Crippen MR) is 126 cm³/mol. The highest BCUT2D eigenvalue weighted by atomic mass is 35.5. The van der Waals surface area contributed by atoms with Crippen molar-refractivity contribution in [3.63, 3.8) is 0 Å². The van der Waals surface area contributed by atoms with Crippen molar-refractivity contribution in [1.82, 2.24) is 20.2 Å². The summed E-state index contributed by atoms with van der Waals surface area (Å²) in [6.45, 7) is 3.10. The number of piperazine rings is 1. The van der Waals surface area contributed by atoms with Gasteiger partial charge in [-0.3, -0.25) is 4.79 Å². The van der Waals surface area contributed by atoms with Gasteiger partial charge in [-0.15, -0.1) is 0 Å². The summed E-state index contributed by atoms with van der Waals surface area (Å²) in [6, 6.07) is 9.82. The summed E-state index contributed by atoms with van der Waals surface area (Å²) in [5, 5.41) is 3.55. The largest absolute Gasteiger partial charge is 0.475 e. The minimum absolute atomic E-state index is 0.00475. The van der Waals surface area contributed by atoms with Crippen molar-refractivity contribution >= 4 is 34.9 Å². The molecule has 0 atom stereocenters. The maximum absolute atomic E-state index is 13.7. The Hall–Kier alpha value is -2.94. The van der Waals surface area contributed by atoms with Gasteiger partial charge in [0.25, 0.3) is 11.8 Å². The number of nitrogens with two attached hydrogens (primary N) is 1. The second kappa shape index (κ2) is 10.3. The number of hydrogen-bond donors (Lipinski definition) is 2. The van der Waals surface area contributed by atoms with Crippen LogP contribution in [0.3, 0.4) is 0 Å². The van der Waals surface area contributed by atoms with Gasteiger partial charge < -0.3 is 20.7 Å². The fourth-order valence-electron chi connectivity index (χ4n) is 3.51. The zero-order chi connectivity index (χ0) is 23.4. The minimum atomic E-state index is -0.545. The van der Waals surface area contributed by atoms with Gasteiger partial charge in [0.2, 0.25) is 0 Å². The van der Waals surface area contributed by atoms with Crippen LogP contribution in [0.15, 0.2) is 42.6 Å². The Morgan fingerprint density at radius 2 is 1.88 bits per heavy atom. The van der Waals surface area contributed by atoms with Crippen molar-refractivity contribution in [2.24, 2.45) is 0 Å². The molecular weight excluding hydrogens is 468 g/mol. The molecule has 1 aliphatic heterocycles. The monoisotopic (exact) mass is 489 g/mol. The average Bonchev–Trinajstić information content (AvgIpc) is 2.85. The van der Waals surface area contributed by atoms with E-state index in [0.717, 1.165) is 18.7 Å². The number of carbonyl (C=O) groups excluding carboxylic acids is 1. The molecule has 0 spiro atoms. The second-order valence-electron chi connectivity index (χ2n) is 7.49. The van der Waals surface area contributed by atoms with Crippen LogP contribution in [0.4, 0.5) is 10.2 Å². The third kappa shape index (κ3) is 5.35. The van der Waals surface area contributed by atoms with E-state index in [4.69, 9.17) is 33.7 Å². The van der Waals surface area contributed by atoms with Crippen molar-refractivity contribution in [2.75, 3.05) is 38.5 Å². The van der Waals surface area contributed by atoms with E-state index in [2.05, 4.69) is 15.3 Å². The fourth-order valence-corrected chi connectivity index (χ4v) is 4.07. The third-order valence-electron chi connectivity index (χ3n) is 5.33. The molecule has 2 heterocycles. The van der Waals surface area contributed by atoms with Crippen LogP contribution >= 0.6 is 23.2 Å². The molecule has 0 saturated carbocycles. The summed E-state index contributed by atoms with van der Waals surface area (Å²) in [5.41, 5.74) is 8.28. The van der Waals surface area contributed by atoms with Crippen LogP contribution < -0.4 is 15.8 Å². The van der Waals surface area contributed by atoms with Crippen LogP contribution in [0.5, 0.6) is 5.88 Å². The first kappa shape index (κ1) is 23.2. The van der Waals surface area contributed by atoms with E-state index in [0.29, 0.717) is 34.9 Å². The molecule has 1 aromatic heterocycles. The van der Waals surface area contributed by atoms with Crippen molar-refractivity contribution in [3.05, 3.63) is 69.6 Å². The molecule has 0 radical (unpaired) electrons. The molecule has 2 aromatic carbocycles. The molecule has 1 fully saturated rings. The summed E-state index contributed by atoms with van der Waals surface area (Å²) < 4.78 is 19.4. The molecule has 4 rings (SSSR count). The first-order chi connectivity index (χ1) is 15.9.